The molecule has 3 aromatic heterocycles. The number of aromatic nitrogens is 3. The summed E-state index contributed by atoms with van der Waals surface area (Å²) in [5, 5.41) is 7.40. The number of H-pyrrole nitrogens is 1. The maximum atomic E-state index is 11.6. The van der Waals surface area contributed by atoms with Crippen LogP contribution in [0.2, 0.25) is 15.1 Å². The van der Waals surface area contributed by atoms with Crippen LogP contribution in [0, 0.1) is 0 Å². The van der Waals surface area contributed by atoms with Crippen molar-refractivity contribution in [2.75, 3.05) is 0 Å². The van der Waals surface area contributed by atoms with Crippen LogP contribution >= 0.6 is 58.4 Å². The molecule has 0 amide bonds. The Morgan fingerprint density at radius 2 is 1.19 bits per heavy atom. The quantitative estimate of drug-likeness (QED) is 0.143. The third-order valence-corrected chi connectivity index (χ3v) is 9.57. The molecule has 14 heteroatoms. The second-order valence-electron chi connectivity index (χ2n) is 12.1. The molecule has 5 aromatic carbocycles. The summed E-state index contributed by atoms with van der Waals surface area (Å²) >= 11 is 24.2. The second-order valence-corrected chi connectivity index (χ2v) is 14.6. The van der Waals surface area contributed by atoms with Gasteiger partial charge in [0.15, 0.2) is 0 Å². The number of hydrogen-bond donors (Lipinski definition) is 1. The van der Waals surface area contributed by atoms with Gasteiger partial charge in [0.05, 0.1) is 17.1 Å². The first-order valence-corrected chi connectivity index (χ1v) is 19.6. The van der Waals surface area contributed by atoms with E-state index in [0.717, 1.165) is 39.7 Å². The number of hydrogen-bond acceptors (Lipinski definition) is 9. The number of nitrogens with one attached hydrogen (secondary N) is 1. The van der Waals surface area contributed by atoms with E-state index in [1.165, 1.54) is 33.8 Å². The van der Waals surface area contributed by atoms with Crippen LogP contribution in [0.1, 0.15) is 33.8 Å². The molecule has 8 rings (SSSR count). The standard InChI is InChI=1S/C17H12ClNO3S.C16H12ClNOS.C10H8ClNO2/c18-13-8-6-12(7-9-13)10-14-11-16(20)22-19(14)17(23)21-15-4-2-1-3-5-15;17-13-8-6-12(7-9-13)10-14-11-20-16(18-14)19-15-4-2-1-3-5-15;11-8-3-1-7(2-4-8)5-9-6-10(13)14-12-9/h1-9,11H,10H2;1-9,11H,10H2;1-4,6,12H,5H2. The van der Waals surface area contributed by atoms with Crippen LogP contribution in [0.3, 0.4) is 0 Å². The molecule has 0 saturated carbocycles. The molecule has 0 radical (unpaired) electrons. The van der Waals surface area contributed by atoms with Crippen molar-refractivity contribution in [3.63, 3.8) is 0 Å². The summed E-state index contributed by atoms with van der Waals surface area (Å²) in [6, 6.07) is 44.2. The Kier molecular flexibility index (Phi) is 14.7. The number of nitrogens with zero attached hydrogens (tertiary/aromatic N) is 2. The van der Waals surface area contributed by atoms with Gasteiger partial charge in [-0.15, -0.1) is 4.74 Å². The number of thiocarbonyl (C=S) groups is 1. The minimum Gasteiger partial charge on any atom is -0.431 e. The molecule has 0 unspecified atom stereocenters. The summed E-state index contributed by atoms with van der Waals surface area (Å²) in [6.45, 7) is 0. The van der Waals surface area contributed by atoms with E-state index >= 15 is 0 Å². The summed E-state index contributed by atoms with van der Waals surface area (Å²) in [5.74, 6) is 1.38. The number of ether oxygens (including phenoxy) is 2. The number of halogens is 3. The second kappa shape index (κ2) is 20.5. The van der Waals surface area contributed by atoms with Crippen LogP contribution in [-0.2, 0) is 19.3 Å². The molecule has 1 N–H and O–H groups in total. The lowest BCUT2D eigenvalue weighted by Crippen LogP contribution is -2.18. The molecule has 0 aliphatic rings. The topological polar surface area (TPSA) is 112 Å². The summed E-state index contributed by atoms with van der Waals surface area (Å²) in [7, 11) is 0. The Bertz CT molecular complexity index is 2590. The number of thiazole rings is 1. The van der Waals surface area contributed by atoms with E-state index in [1.807, 2.05) is 115 Å². The average molecular weight is 857 g/mol. The molecule has 0 bridgehead atoms. The summed E-state index contributed by atoms with van der Waals surface area (Å²) in [5.41, 5.74) is 4.78. The van der Waals surface area contributed by atoms with Crippen molar-refractivity contribution in [1.82, 2.24) is 14.9 Å². The van der Waals surface area contributed by atoms with Crippen molar-refractivity contribution in [3.05, 3.63) is 221 Å². The largest absolute Gasteiger partial charge is 0.431 e. The van der Waals surface area contributed by atoms with Gasteiger partial charge < -0.3 is 18.5 Å². The fraction of sp³-hybridized carbons (Fsp3) is 0.0698. The first-order valence-electron chi connectivity index (χ1n) is 17.2. The fourth-order valence-electron chi connectivity index (χ4n) is 5.13. The molecule has 3 heterocycles. The Morgan fingerprint density at radius 3 is 1.74 bits per heavy atom. The smallest absolute Gasteiger partial charge is 0.358 e. The highest BCUT2D eigenvalue weighted by Crippen LogP contribution is 2.26. The highest BCUT2D eigenvalue weighted by molar-refractivity contribution is 7.80. The minimum absolute atomic E-state index is 0.0577. The van der Waals surface area contributed by atoms with Gasteiger partial charge in [0.2, 0.25) is 0 Å². The molecule has 288 valence electrons. The Morgan fingerprint density at radius 1 is 0.667 bits per heavy atom. The van der Waals surface area contributed by atoms with Crippen LogP contribution in [0.15, 0.2) is 170 Å². The lowest BCUT2D eigenvalue weighted by molar-refractivity contribution is 0.308. The van der Waals surface area contributed by atoms with Crippen molar-refractivity contribution in [3.8, 4) is 16.7 Å². The van der Waals surface area contributed by atoms with Gasteiger partial charge in [-0.2, -0.15) is 0 Å². The molecule has 8 aromatic rings. The van der Waals surface area contributed by atoms with E-state index in [1.54, 1.807) is 24.3 Å². The van der Waals surface area contributed by atoms with Gasteiger partial charge in [0.1, 0.15) is 11.5 Å². The normalized spacial score (nSPS) is 10.4. The SMILES string of the molecule is Clc1ccc(Cc2csc(Oc3ccccc3)n2)cc1.O=c1cc(Cc2ccc(Cl)cc2)[nH]o1.O=c1cc(Cc2ccc(Cl)cc2)n(C(=S)Oc2ccccc2)o1. The van der Waals surface area contributed by atoms with Gasteiger partial charge in [-0.05, 0) is 89.6 Å². The molecule has 0 atom stereocenters. The third kappa shape index (κ3) is 13.2. The van der Waals surface area contributed by atoms with Gasteiger partial charge in [0.25, 0.3) is 5.19 Å². The van der Waals surface area contributed by atoms with Crippen molar-refractivity contribution in [1.29, 1.82) is 0 Å². The van der Waals surface area contributed by atoms with Gasteiger partial charge in [-0.25, -0.2) is 19.7 Å². The summed E-state index contributed by atoms with van der Waals surface area (Å²) in [6.07, 6.45) is 1.90. The van der Waals surface area contributed by atoms with Gasteiger partial charge >= 0.3 is 16.4 Å². The first-order chi connectivity index (χ1) is 27.6. The number of rotatable bonds is 9. The Hall–Kier alpha value is -5.69. The van der Waals surface area contributed by atoms with E-state index in [2.05, 4.69) is 14.7 Å². The summed E-state index contributed by atoms with van der Waals surface area (Å²) in [4.78, 5) is 26.8. The molecular formula is C43H32Cl3N3O6S2. The lowest BCUT2D eigenvalue weighted by atomic mass is 10.1. The van der Waals surface area contributed by atoms with E-state index in [9.17, 15) is 9.59 Å². The van der Waals surface area contributed by atoms with Gasteiger partial charge in [-0.3, -0.25) is 0 Å². The third-order valence-electron chi connectivity index (χ3n) is 7.80. The van der Waals surface area contributed by atoms with Crippen LogP contribution in [0.25, 0.3) is 0 Å². The molecule has 0 aliphatic heterocycles. The van der Waals surface area contributed by atoms with Crippen molar-refractivity contribution >= 4 is 63.5 Å². The van der Waals surface area contributed by atoms with E-state index in [-0.39, 0.29) is 10.8 Å². The molecule has 57 heavy (non-hydrogen) atoms. The van der Waals surface area contributed by atoms with Crippen LogP contribution in [0.4, 0.5) is 0 Å². The molecule has 9 nitrogen and oxygen atoms in total. The predicted octanol–water partition coefficient (Wildman–Crippen LogP) is 11.3. The molecule has 0 spiro atoms. The zero-order valence-electron chi connectivity index (χ0n) is 29.8. The monoisotopic (exact) mass is 855 g/mol. The average Bonchev–Trinajstić information content (AvgIpc) is 3.95. The predicted molar refractivity (Wildman–Crippen MR) is 229 cm³/mol. The highest BCUT2D eigenvalue weighted by atomic mass is 35.5. The highest BCUT2D eigenvalue weighted by Gasteiger charge is 2.14. The van der Waals surface area contributed by atoms with E-state index in [4.69, 9.17) is 61.0 Å². The Balaban J connectivity index is 0.000000149. The van der Waals surface area contributed by atoms with Crippen molar-refractivity contribution in [2.45, 2.75) is 19.3 Å². The van der Waals surface area contributed by atoms with Crippen LogP contribution < -0.4 is 20.7 Å². The molecular weight excluding hydrogens is 825 g/mol. The zero-order chi connectivity index (χ0) is 40.0. The van der Waals surface area contributed by atoms with E-state index < -0.39 is 5.63 Å². The molecule has 0 fully saturated rings. The van der Waals surface area contributed by atoms with Gasteiger partial charge in [0, 0.05) is 51.8 Å². The zero-order valence-corrected chi connectivity index (χ0v) is 33.8. The van der Waals surface area contributed by atoms with Gasteiger partial charge in [-0.1, -0.05) is 119 Å². The Labute approximate surface area is 351 Å². The molecule has 0 aliphatic carbocycles. The number of benzene rings is 5. The number of para-hydroxylation sites is 2. The number of aromatic amines is 1. The van der Waals surface area contributed by atoms with Crippen molar-refractivity contribution < 1.29 is 18.5 Å². The van der Waals surface area contributed by atoms with E-state index in [0.29, 0.717) is 39.5 Å². The fourth-order valence-corrected chi connectivity index (χ4v) is 6.45. The lowest BCUT2D eigenvalue weighted by Gasteiger charge is -2.09. The van der Waals surface area contributed by atoms with Crippen LogP contribution in [-0.4, -0.2) is 20.1 Å². The van der Waals surface area contributed by atoms with Crippen LogP contribution in [0.5, 0.6) is 16.7 Å². The first kappa shape index (κ1) is 41.0. The summed E-state index contributed by atoms with van der Waals surface area (Å²) < 4.78 is 22.2. The van der Waals surface area contributed by atoms with Crippen molar-refractivity contribution in [2.24, 2.45) is 0 Å². The minimum atomic E-state index is -0.479. The molecule has 0 saturated heterocycles. The maximum absolute atomic E-state index is 11.6. The maximum Gasteiger partial charge on any atom is 0.358 e.